The van der Waals surface area contributed by atoms with Crippen molar-refractivity contribution in [3.63, 3.8) is 0 Å². The van der Waals surface area contributed by atoms with Crippen molar-refractivity contribution in [2.75, 3.05) is 18.0 Å². The molecule has 0 aliphatic carbocycles. The van der Waals surface area contributed by atoms with Crippen LogP contribution in [0.5, 0.6) is 5.75 Å². The van der Waals surface area contributed by atoms with Crippen molar-refractivity contribution in [2.24, 2.45) is 0 Å². The summed E-state index contributed by atoms with van der Waals surface area (Å²) in [4.78, 5) is 20.3. The van der Waals surface area contributed by atoms with Crippen LogP contribution < -0.4 is 9.04 Å². The fourth-order valence-corrected chi connectivity index (χ4v) is 3.97. The Morgan fingerprint density at radius 3 is 2.37 bits per heavy atom. The van der Waals surface area contributed by atoms with E-state index in [1.807, 2.05) is 0 Å². The highest BCUT2D eigenvalue weighted by Gasteiger charge is 2.33. The molecule has 0 aliphatic rings. The molecule has 0 aromatic heterocycles. The Kier molecular flexibility index (Phi) is 5.75. The van der Waals surface area contributed by atoms with Crippen molar-refractivity contribution in [1.82, 2.24) is 0 Å². The number of ether oxygens (including phenoxy) is 1. The van der Waals surface area contributed by atoms with Crippen LogP contribution in [0, 0.1) is 20.2 Å². The Hall–Kier alpha value is -3.47. The third kappa shape index (κ3) is 3.87. The first-order valence-corrected chi connectivity index (χ1v) is 8.87. The molecule has 0 atom stereocenters. The number of nitro groups is 2. The van der Waals surface area contributed by atoms with Crippen molar-refractivity contribution < 1.29 is 23.0 Å². The molecule has 0 aliphatic heterocycles. The minimum Gasteiger partial charge on any atom is -0.495 e. The Bertz CT molecular complexity index is 1000. The molecule has 0 radical (unpaired) electrons. The fraction of sp³-hybridized carbons (Fsp3) is 0.125. The molecule has 0 fully saturated rings. The molecule has 2 rings (SSSR count). The monoisotopic (exact) mass is 393 g/mol. The molecule has 0 amide bonds. The predicted molar refractivity (Wildman–Crippen MR) is 97.5 cm³/mol. The molecule has 0 heterocycles. The lowest BCUT2D eigenvalue weighted by atomic mass is 10.2. The number of non-ortho nitro benzene ring substituents is 1. The molecule has 0 saturated heterocycles. The number of anilines is 1. The lowest BCUT2D eigenvalue weighted by Gasteiger charge is -2.24. The number of nitro benzene ring substituents is 2. The van der Waals surface area contributed by atoms with Crippen LogP contribution in [0.2, 0.25) is 0 Å². The van der Waals surface area contributed by atoms with Gasteiger partial charge in [0.15, 0.2) is 4.90 Å². The first-order valence-electron chi connectivity index (χ1n) is 7.43. The van der Waals surface area contributed by atoms with Gasteiger partial charge in [-0.05, 0) is 12.1 Å². The molecular formula is C16H15N3O7S. The maximum atomic E-state index is 13.1. The number of methoxy groups -OCH3 is 1. The zero-order chi connectivity index (χ0) is 20.2. The molecular weight excluding hydrogens is 378 g/mol. The van der Waals surface area contributed by atoms with Crippen LogP contribution in [-0.2, 0) is 10.0 Å². The van der Waals surface area contributed by atoms with Crippen LogP contribution in [-0.4, -0.2) is 31.9 Å². The number of benzene rings is 2. The Morgan fingerprint density at radius 1 is 1.15 bits per heavy atom. The lowest BCUT2D eigenvalue weighted by molar-refractivity contribution is -0.387. The van der Waals surface area contributed by atoms with Crippen LogP contribution >= 0.6 is 0 Å². The second-order valence-electron chi connectivity index (χ2n) is 5.16. The SMILES string of the molecule is C=CCN(c1cc([N+](=O)[O-])ccc1OC)S(=O)(=O)c1ccccc1[N+](=O)[O-]. The Morgan fingerprint density at radius 2 is 1.81 bits per heavy atom. The van der Waals surface area contributed by atoms with Gasteiger partial charge in [-0.25, -0.2) is 8.42 Å². The third-order valence-electron chi connectivity index (χ3n) is 3.57. The minimum absolute atomic E-state index is 0.0459. The van der Waals surface area contributed by atoms with Crippen LogP contribution in [0.1, 0.15) is 0 Å². The van der Waals surface area contributed by atoms with Crippen molar-refractivity contribution in [3.8, 4) is 5.75 Å². The van der Waals surface area contributed by atoms with Gasteiger partial charge in [0.25, 0.3) is 21.4 Å². The normalized spacial score (nSPS) is 10.9. The minimum atomic E-state index is -4.45. The van der Waals surface area contributed by atoms with E-state index < -0.39 is 30.5 Å². The van der Waals surface area contributed by atoms with E-state index in [2.05, 4.69) is 6.58 Å². The maximum Gasteiger partial charge on any atom is 0.289 e. The summed E-state index contributed by atoms with van der Waals surface area (Å²) >= 11 is 0. The first kappa shape index (κ1) is 19.8. The number of nitrogens with zero attached hydrogens (tertiary/aromatic N) is 3. The molecule has 0 spiro atoms. The molecule has 2 aromatic carbocycles. The van der Waals surface area contributed by atoms with Gasteiger partial charge in [0.05, 0.1) is 23.5 Å². The Balaban J connectivity index is 2.75. The van der Waals surface area contributed by atoms with E-state index in [0.717, 1.165) is 28.6 Å². The van der Waals surface area contributed by atoms with E-state index in [4.69, 9.17) is 4.74 Å². The van der Waals surface area contributed by atoms with E-state index >= 15 is 0 Å². The van der Waals surface area contributed by atoms with Gasteiger partial charge in [-0.1, -0.05) is 18.2 Å². The first-order chi connectivity index (χ1) is 12.7. The van der Waals surface area contributed by atoms with Crippen molar-refractivity contribution >= 4 is 27.1 Å². The number of para-hydroxylation sites is 1. The molecule has 0 bridgehead atoms. The third-order valence-corrected chi connectivity index (χ3v) is 5.39. The number of hydrogen-bond donors (Lipinski definition) is 0. The van der Waals surface area contributed by atoms with Crippen LogP contribution in [0.4, 0.5) is 17.1 Å². The zero-order valence-corrected chi connectivity index (χ0v) is 15.0. The second kappa shape index (κ2) is 7.83. The smallest absolute Gasteiger partial charge is 0.289 e. The van der Waals surface area contributed by atoms with E-state index in [1.165, 1.54) is 31.4 Å². The molecule has 0 unspecified atom stereocenters. The molecule has 10 nitrogen and oxygen atoms in total. The molecule has 0 N–H and O–H groups in total. The Labute approximate surface area is 154 Å². The van der Waals surface area contributed by atoms with Gasteiger partial charge in [-0.15, -0.1) is 6.58 Å². The van der Waals surface area contributed by atoms with Crippen molar-refractivity contribution in [1.29, 1.82) is 0 Å². The van der Waals surface area contributed by atoms with Gasteiger partial charge in [0.1, 0.15) is 11.4 Å². The number of rotatable bonds is 8. The second-order valence-corrected chi connectivity index (χ2v) is 6.99. The summed E-state index contributed by atoms with van der Waals surface area (Å²) in [6.45, 7) is 3.20. The summed E-state index contributed by atoms with van der Waals surface area (Å²) in [5.41, 5.74) is -1.11. The molecule has 11 heteroatoms. The van der Waals surface area contributed by atoms with Crippen LogP contribution in [0.25, 0.3) is 0 Å². The van der Waals surface area contributed by atoms with E-state index in [9.17, 15) is 28.6 Å². The average Bonchev–Trinajstić information content (AvgIpc) is 2.65. The van der Waals surface area contributed by atoms with Crippen LogP contribution in [0.3, 0.4) is 0 Å². The van der Waals surface area contributed by atoms with E-state index in [0.29, 0.717) is 0 Å². The predicted octanol–water partition coefficient (Wildman–Crippen LogP) is 2.89. The van der Waals surface area contributed by atoms with Crippen molar-refractivity contribution in [3.05, 3.63) is 75.3 Å². The van der Waals surface area contributed by atoms with Gasteiger partial charge < -0.3 is 4.74 Å². The summed E-state index contributed by atoms with van der Waals surface area (Å²) in [6, 6.07) is 8.26. The highest BCUT2D eigenvalue weighted by Crippen LogP contribution is 2.37. The van der Waals surface area contributed by atoms with Crippen molar-refractivity contribution in [2.45, 2.75) is 4.90 Å². The topological polar surface area (TPSA) is 133 Å². The highest BCUT2D eigenvalue weighted by molar-refractivity contribution is 7.93. The van der Waals surface area contributed by atoms with Gasteiger partial charge in [-0.3, -0.25) is 24.5 Å². The highest BCUT2D eigenvalue weighted by atomic mass is 32.2. The molecule has 27 heavy (non-hydrogen) atoms. The van der Waals surface area contributed by atoms with Gasteiger partial charge in [0.2, 0.25) is 0 Å². The summed E-state index contributed by atoms with van der Waals surface area (Å²) in [5, 5.41) is 22.3. The van der Waals surface area contributed by atoms with Gasteiger partial charge in [-0.2, -0.15) is 0 Å². The summed E-state index contributed by atoms with van der Waals surface area (Å²) in [7, 11) is -3.18. The summed E-state index contributed by atoms with van der Waals surface area (Å²) < 4.78 is 32.2. The molecule has 2 aromatic rings. The van der Waals surface area contributed by atoms with Gasteiger partial charge in [0, 0.05) is 18.2 Å². The summed E-state index contributed by atoms with van der Waals surface area (Å²) in [5.74, 6) is 0.0459. The molecule has 142 valence electrons. The van der Waals surface area contributed by atoms with E-state index in [1.54, 1.807) is 0 Å². The maximum absolute atomic E-state index is 13.1. The summed E-state index contributed by atoms with van der Waals surface area (Å²) in [6.07, 6.45) is 1.25. The quantitative estimate of drug-likeness (QED) is 0.382. The molecule has 0 saturated carbocycles. The van der Waals surface area contributed by atoms with E-state index in [-0.39, 0.29) is 23.7 Å². The lowest BCUT2D eigenvalue weighted by Crippen LogP contribution is -2.32. The number of sulfonamides is 1. The standard InChI is InChI=1S/C16H15N3O7S/c1-3-10-17(14-11-12(18(20)21)8-9-15(14)26-2)27(24,25)16-7-5-4-6-13(16)19(22)23/h3-9,11H,1,10H2,2H3. The zero-order valence-electron chi connectivity index (χ0n) is 14.1. The largest absolute Gasteiger partial charge is 0.495 e. The van der Waals surface area contributed by atoms with Gasteiger partial charge >= 0.3 is 0 Å². The fourth-order valence-electron chi connectivity index (χ4n) is 2.37. The number of hydrogen-bond acceptors (Lipinski definition) is 7. The van der Waals surface area contributed by atoms with Crippen LogP contribution in [0.15, 0.2) is 60.0 Å². The average molecular weight is 393 g/mol.